The van der Waals surface area contributed by atoms with Crippen molar-refractivity contribution in [3.05, 3.63) is 198 Å². The Morgan fingerprint density at radius 2 is 0.979 bits per heavy atom. The summed E-state index contributed by atoms with van der Waals surface area (Å²) >= 11 is 0.965. The van der Waals surface area contributed by atoms with E-state index in [4.69, 9.17) is 15.7 Å². The summed E-state index contributed by atoms with van der Waals surface area (Å²) < 4.78 is 1.20. The zero-order chi connectivity index (χ0) is 32.9. The Kier molecular flexibility index (Phi) is 8.77. The summed E-state index contributed by atoms with van der Waals surface area (Å²) in [4.78, 5) is 30.8. The molecule has 226 valence electrons. The van der Waals surface area contributed by atoms with Crippen LogP contribution in [-0.4, -0.2) is 40.4 Å². The van der Waals surface area contributed by atoms with Crippen LogP contribution in [0.5, 0.6) is 0 Å². The molecule has 3 N–H and O–H groups in total. The summed E-state index contributed by atoms with van der Waals surface area (Å²) in [6, 6.07) is 20.1. The maximum absolute atomic E-state index is 6.45. The number of hydrogen-bond acceptors (Lipinski definition) is 7. The summed E-state index contributed by atoms with van der Waals surface area (Å²) in [5.41, 5.74) is 18.9. The first-order chi connectivity index (χ1) is 23.6. The molecule has 7 rings (SSSR count). The minimum Gasteiger partial charge on any atom is -0.265 e. The van der Waals surface area contributed by atoms with Crippen molar-refractivity contribution in [2.45, 2.75) is 0 Å². The first-order valence-corrected chi connectivity index (χ1v) is 16.7. The van der Waals surface area contributed by atoms with Crippen LogP contribution < -0.4 is 5.73 Å². The van der Waals surface area contributed by atoms with Crippen molar-refractivity contribution in [3.63, 3.8) is 0 Å². The van der Waals surface area contributed by atoms with Gasteiger partial charge in [-0.1, -0.05) is 6.58 Å². The average molecular weight is 674 g/mol. The second-order valence-electron chi connectivity index (χ2n) is 10.9. The molecule has 0 saturated carbocycles. The van der Waals surface area contributed by atoms with E-state index in [2.05, 4.69) is 55.8 Å². The van der Waals surface area contributed by atoms with Crippen LogP contribution in [0.25, 0.3) is 16.7 Å². The van der Waals surface area contributed by atoms with E-state index in [1.54, 1.807) is 43.3 Å². The Hall–Kier alpha value is -6.05. The van der Waals surface area contributed by atoms with Crippen LogP contribution in [0.4, 0.5) is 0 Å². The molecule has 0 aliphatic carbocycles. The van der Waals surface area contributed by atoms with Crippen molar-refractivity contribution in [3.8, 4) is 0 Å². The normalized spacial score (nSPS) is 16.3. The van der Waals surface area contributed by atoms with Gasteiger partial charge in [-0.25, -0.2) is 0 Å². The minimum absolute atomic E-state index is 0.537. The zero-order valence-electron chi connectivity index (χ0n) is 26.0. The van der Waals surface area contributed by atoms with E-state index < -0.39 is 0 Å². The van der Waals surface area contributed by atoms with Gasteiger partial charge < -0.3 is 5.73 Å². The van der Waals surface area contributed by atoms with E-state index in [9.17, 15) is 0 Å². The van der Waals surface area contributed by atoms with Gasteiger partial charge in [0.15, 0.2) is 0 Å². The van der Waals surface area contributed by atoms with Gasteiger partial charge in [0.25, 0.3) is 0 Å². The fourth-order valence-corrected chi connectivity index (χ4v) is 6.61. The maximum atomic E-state index is 6.45. The molecule has 2 aliphatic rings. The molecule has 0 amide bonds. The Morgan fingerprint density at radius 1 is 0.562 bits per heavy atom. The third-order valence-corrected chi connectivity index (χ3v) is 9.64. The predicted octanol–water partition coefficient (Wildman–Crippen LogP) is 6.46. The van der Waals surface area contributed by atoms with E-state index in [1.165, 1.54) is 4.11 Å². The van der Waals surface area contributed by atoms with E-state index in [0.29, 0.717) is 5.70 Å². The number of nitrogens with zero attached hydrogens (tertiary/aromatic N) is 6. The summed E-state index contributed by atoms with van der Waals surface area (Å²) in [7, 11) is 0. The van der Waals surface area contributed by atoms with Gasteiger partial charge in [0.2, 0.25) is 0 Å². The van der Waals surface area contributed by atoms with E-state index in [-0.39, 0.29) is 0 Å². The van der Waals surface area contributed by atoms with Crippen LogP contribution in [0.3, 0.4) is 0 Å². The van der Waals surface area contributed by atoms with Crippen molar-refractivity contribution in [2.75, 3.05) is 0 Å². The van der Waals surface area contributed by atoms with E-state index in [1.807, 2.05) is 73.1 Å². The Morgan fingerprint density at radius 3 is 1.46 bits per heavy atom. The molecule has 7 heterocycles. The molecule has 2 aliphatic heterocycles. The van der Waals surface area contributed by atoms with Gasteiger partial charge in [0.05, 0.1) is 0 Å². The number of aromatic amines is 1. The second-order valence-corrected chi connectivity index (χ2v) is 12.4. The van der Waals surface area contributed by atoms with Gasteiger partial charge in [-0.2, -0.15) is 0 Å². The van der Waals surface area contributed by atoms with E-state index in [0.717, 1.165) is 91.0 Å². The number of rotatable bonds is 9. The van der Waals surface area contributed by atoms with Crippen LogP contribution in [0.2, 0.25) is 0 Å². The summed E-state index contributed by atoms with van der Waals surface area (Å²) in [5.74, 6) is 0. The fraction of sp³-hybridized carbons (Fsp3) is 0. The molecule has 8 nitrogen and oxygen atoms in total. The Labute approximate surface area is 287 Å². The molecule has 0 aromatic carbocycles. The van der Waals surface area contributed by atoms with Crippen molar-refractivity contribution >= 4 is 32.2 Å². The third-order valence-electron chi connectivity index (χ3n) is 8.03. The summed E-state index contributed by atoms with van der Waals surface area (Å²) in [6.07, 6.45) is 24.1. The molecular weight excluding hydrogens is 646 g/mol. The SMILES string of the molecule is C=C/C(N)=C(C1=N/C(=C(/c2ccncc2)c2ccc(/C(=C3/C=CC([C](=[Zn])c4ccncc4)=N3)c3ccncc3)[nH]2)C=C1)\c1ccncc1. The second kappa shape index (κ2) is 13.7. The number of aromatic nitrogens is 5. The zero-order valence-corrected chi connectivity index (χ0v) is 28.9. The van der Waals surface area contributed by atoms with Gasteiger partial charge in [0.1, 0.15) is 0 Å². The van der Waals surface area contributed by atoms with Crippen LogP contribution in [0.15, 0.2) is 174 Å². The topological polar surface area (TPSA) is 118 Å². The molecule has 0 spiro atoms. The first kappa shape index (κ1) is 30.6. The molecule has 0 unspecified atom stereocenters. The van der Waals surface area contributed by atoms with Crippen LogP contribution in [-0.2, 0) is 17.9 Å². The van der Waals surface area contributed by atoms with Crippen molar-refractivity contribution < 1.29 is 17.9 Å². The van der Waals surface area contributed by atoms with Crippen molar-refractivity contribution in [1.82, 2.24) is 24.9 Å². The Bertz CT molecular complexity index is 2240. The molecule has 0 saturated heterocycles. The summed E-state index contributed by atoms with van der Waals surface area (Å²) in [6.45, 7) is 3.91. The monoisotopic (exact) mass is 672 g/mol. The van der Waals surface area contributed by atoms with Gasteiger partial charge in [-0.15, -0.1) is 0 Å². The molecule has 9 heteroatoms. The fourth-order valence-electron chi connectivity index (χ4n) is 5.70. The number of aliphatic imine (C=N–C) groups is 2. The third kappa shape index (κ3) is 6.19. The van der Waals surface area contributed by atoms with Gasteiger partial charge >= 0.3 is 219 Å². The molecular formula is C39H28N8Zn. The smallest absolute Gasteiger partial charge is 0.265 e. The van der Waals surface area contributed by atoms with Gasteiger partial charge in [0, 0.05) is 23.7 Å². The Balaban J connectivity index is 1.35. The molecule has 0 bridgehead atoms. The van der Waals surface area contributed by atoms with Gasteiger partial charge in [-0.05, 0) is 23.8 Å². The average Bonchev–Trinajstić information content (AvgIpc) is 3.93. The molecule has 0 atom stereocenters. The molecule has 48 heavy (non-hydrogen) atoms. The number of hydrogen-bond donors (Lipinski definition) is 2. The van der Waals surface area contributed by atoms with Crippen molar-refractivity contribution in [1.29, 1.82) is 0 Å². The van der Waals surface area contributed by atoms with Crippen molar-refractivity contribution in [2.24, 2.45) is 15.7 Å². The van der Waals surface area contributed by atoms with Gasteiger partial charge in [-0.3, -0.25) is 9.97 Å². The van der Waals surface area contributed by atoms with Crippen LogP contribution >= 0.6 is 0 Å². The number of pyridine rings is 4. The number of nitrogens with one attached hydrogen (secondary N) is 1. The molecule has 0 fully saturated rings. The molecule has 5 aromatic heterocycles. The number of allylic oxidation sites excluding steroid dienone is 6. The standard InChI is InChI=1S/C39H28N8.Zn/c1-2-31(40)37(27-11-19-42-20-12-27)32-5-6-35(46-32)39(29-15-23-44-24-16-29)36-8-7-34(47-36)38(28-13-21-43-22-14-28)33-4-3-30(45-33)25-26-9-17-41-18-10-26;/h2-24,47H,1,40H2;/b37-31-,38-33-,39-35-;. The quantitative estimate of drug-likeness (QED) is 0.138. The minimum atomic E-state index is 0.537. The first-order valence-electron chi connectivity index (χ1n) is 15.3. The molecule has 0 radical (unpaired) electrons. The molecule has 5 aromatic rings. The van der Waals surface area contributed by atoms with Crippen LogP contribution in [0.1, 0.15) is 33.6 Å². The number of nitrogens with two attached hydrogens (primary N) is 1. The summed E-state index contributed by atoms with van der Waals surface area (Å²) in [5, 5.41) is 0. The number of H-pyrrole nitrogens is 1. The predicted molar refractivity (Wildman–Crippen MR) is 188 cm³/mol. The van der Waals surface area contributed by atoms with E-state index >= 15 is 0 Å². The van der Waals surface area contributed by atoms with Crippen LogP contribution in [0, 0.1) is 0 Å².